The first-order valence-electron chi connectivity index (χ1n) is 6.73. The fourth-order valence-electron chi connectivity index (χ4n) is 1.63. The highest BCUT2D eigenvalue weighted by atomic mass is 16.4. The number of aliphatic carboxylic acids is 1. The zero-order chi connectivity index (χ0) is 16.6. The molecular weight excluding hydrogens is 278 g/mol. The molecule has 2 atom stereocenters. The van der Waals surface area contributed by atoms with Crippen LogP contribution in [0.1, 0.15) is 33.1 Å². The van der Waals surface area contributed by atoms with E-state index in [9.17, 15) is 19.2 Å². The smallest absolute Gasteiger partial charge is 0.305 e. The molecule has 2 unspecified atom stereocenters. The number of nitrogens with one attached hydrogen (secondary N) is 2. The first-order chi connectivity index (χ1) is 9.74. The highest BCUT2D eigenvalue weighted by molar-refractivity contribution is 5.93. The minimum Gasteiger partial charge on any atom is -0.481 e. The third kappa shape index (κ3) is 6.24. The molecule has 0 aromatic heterocycles. The first-order valence-corrected chi connectivity index (χ1v) is 6.73. The van der Waals surface area contributed by atoms with Gasteiger partial charge in [-0.25, -0.2) is 0 Å². The van der Waals surface area contributed by atoms with E-state index in [2.05, 4.69) is 10.6 Å². The normalized spacial score (nSPS) is 13.0. The number of likely N-dealkylation sites (N-methyl/N-ethyl adjacent to an activating group) is 2. The molecule has 0 saturated heterocycles. The zero-order valence-electron chi connectivity index (χ0n) is 12.8. The van der Waals surface area contributed by atoms with Gasteiger partial charge in [0.05, 0.1) is 6.42 Å². The van der Waals surface area contributed by atoms with Crippen LogP contribution in [-0.4, -0.2) is 59.9 Å². The molecule has 0 aliphatic carbocycles. The Morgan fingerprint density at radius 1 is 1.19 bits per heavy atom. The number of carbonyl (C=O) groups is 4. The molecule has 3 N–H and O–H groups in total. The lowest BCUT2D eigenvalue weighted by Gasteiger charge is -2.26. The van der Waals surface area contributed by atoms with E-state index < -0.39 is 36.3 Å². The molecule has 0 aliphatic rings. The third-order valence-electron chi connectivity index (χ3n) is 3.08. The monoisotopic (exact) mass is 301 g/mol. The van der Waals surface area contributed by atoms with Crippen molar-refractivity contribution in [2.24, 2.45) is 0 Å². The maximum atomic E-state index is 12.0. The van der Waals surface area contributed by atoms with Gasteiger partial charge in [-0.2, -0.15) is 0 Å². The van der Waals surface area contributed by atoms with Crippen molar-refractivity contribution >= 4 is 23.7 Å². The Morgan fingerprint density at radius 2 is 1.76 bits per heavy atom. The average Bonchev–Trinajstić information content (AvgIpc) is 2.43. The fourth-order valence-corrected chi connectivity index (χ4v) is 1.63. The Morgan fingerprint density at radius 3 is 2.19 bits per heavy atom. The number of carbonyl (C=O) groups excluding carboxylic acids is 3. The number of nitrogens with zero attached hydrogens (tertiary/aromatic N) is 1. The fraction of sp³-hybridized carbons (Fsp3) is 0.692. The molecule has 0 heterocycles. The maximum Gasteiger partial charge on any atom is 0.305 e. The number of hydrogen-bond acceptors (Lipinski definition) is 4. The molecular formula is C13H23N3O5. The largest absolute Gasteiger partial charge is 0.481 e. The molecule has 0 radical (unpaired) electrons. The van der Waals surface area contributed by atoms with Crippen LogP contribution in [0.4, 0.5) is 0 Å². The predicted molar refractivity (Wildman–Crippen MR) is 75.4 cm³/mol. The minimum absolute atomic E-state index is 0.185. The van der Waals surface area contributed by atoms with E-state index in [1.807, 2.05) is 6.92 Å². The van der Waals surface area contributed by atoms with E-state index in [0.29, 0.717) is 12.8 Å². The Balaban J connectivity index is 4.77. The summed E-state index contributed by atoms with van der Waals surface area (Å²) in [6, 6.07) is -1.96. The van der Waals surface area contributed by atoms with Gasteiger partial charge in [0.25, 0.3) is 0 Å². The van der Waals surface area contributed by atoms with Crippen molar-refractivity contribution in [3.05, 3.63) is 0 Å². The van der Waals surface area contributed by atoms with Crippen molar-refractivity contribution < 1.29 is 24.3 Å². The van der Waals surface area contributed by atoms with Gasteiger partial charge in [0.2, 0.25) is 17.7 Å². The van der Waals surface area contributed by atoms with E-state index in [1.54, 1.807) is 0 Å². The summed E-state index contributed by atoms with van der Waals surface area (Å²) in [5.74, 6) is -2.56. The van der Waals surface area contributed by atoms with Crippen LogP contribution in [-0.2, 0) is 19.2 Å². The first kappa shape index (κ1) is 18.9. The molecule has 8 heteroatoms. The van der Waals surface area contributed by atoms with Gasteiger partial charge in [-0.05, 0) is 13.3 Å². The van der Waals surface area contributed by atoms with Crippen LogP contribution in [0.3, 0.4) is 0 Å². The van der Waals surface area contributed by atoms with Gasteiger partial charge in [-0.3, -0.25) is 19.2 Å². The van der Waals surface area contributed by atoms with Gasteiger partial charge in [-0.15, -0.1) is 0 Å². The van der Waals surface area contributed by atoms with Crippen molar-refractivity contribution in [3.63, 3.8) is 0 Å². The van der Waals surface area contributed by atoms with Crippen molar-refractivity contribution in [1.82, 2.24) is 15.5 Å². The molecule has 120 valence electrons. The second kappa shape index (κ2) is 8.93. The molecule has 0 spiro atoms. The summed E-state index contributed by atoms with van der Waals surface area (Å²) in [6.07, 6.45) is 0.463. The number of carboxylic acids is 1. The molecule has 3 amide bonds. The molecule has 0 fully saturated rings. The lowest BCUT2D eigenvalue weighted by Crippen LogP contribution is -2.53. The van der Waals surface area contributed by atoms with Crippen LogP contribution in [0.25, 0.3) is 0 Å². The molecule has 0 rings (SSSR count). The summed E-state index contributed by atoms with van der Waals surface area (Å²) in [7, 11) is 2.85. The second-order valence-corrected chi connectivity index (χ2v) is 4.70. The lowest BCUT2D eigenvalue weighted by molar-refractivity contribution is -0.142. The predicted octanol–water partition coefficient (Wildman–Crippen LogP) is -0.661. The summed E-state index contributed by atoms with van der Waals surface area (Å²) in [5.41, 5.74) is 0. The number of rotatable bonds is 8. The molecule has 0 aromatic rings. The van der Waals surface area contributed by atoms with Gasteiger partial charge in [0.1, 0.15) is 12.1 Å². The van der Waals surface area contributed by atoms with Crippen molar-refractivity contribution in [2.45, 2.75) is 45.2 Å². The summed E-state index contributed by atoms with van der Waals surface area (Å²) in [4.78, 5) is 47.3. The van der Waals surface area contributed by atoms with Crippen LogP contribution in [0.5, 0.6) is 0 Å². The van der Waals surface area contributed by atoms with Crippen LogP contribution < -0.4 is 10.6 Å². The number of amides is 3. The van der Waals surface area contributed by atoms with Crippen LogP contribution >= 0.6 is 0 Å². The lowest BCUT2D eigenvalue weighted by atomic mass is 10.1. The Kier molecular flexibility index (Phi) is 8.03. The second-order valence-electron chi connectivity index (χ2n) is 4.70. The average molecular weight is 301 g/mol. The van der Waals surface area contributed by atoms with Crippen LogP contribution in [0.2, 0.25) is 0 Å². The van der Waals surface area contributed by atoms with Crippen molar-refractivity contribution in [1.29, 1.82) is 0 Å². The summed E-state index contributed by atoms with van der Waals surface area (Å²) in [5, 5.41) is 13.4. The van der Waals surface area contributed by atoms with E-state index in [4.69, 9.17) is 5.11 Å². The minimum atomic E-state index is -1.20. The van der Waals surface area contributed by atoms with Crippen molar-refractivity contribution in [3.8, 4) is 0 Å². The van der Waals surface area contributed by atoms with E-state index in [1.165, 1.54) is 25.9 Å². The molecule has 0 aliphatic heterocycles. The summed E-state index contributed by atoms with van der Waals surface area (Å²) >= 11 is 0. The highest BCUT2D eigenvalue weighted by Gasteiger charge is 2.27. The Hall–Kier alpha value is -2.12. The summed E-state index contributed by atoms with van der Waals surface area (Å²) < 4.78 is 0. The molecule has 0 bridgehead atoms. The van der Waals surface area contributed by atoms with Crippen molar-refractivity contribution in [2.75, 3.05) is 14.1 Å². The maximum absolute atomic E-state index is 12.0. The number of hydrogen-bond donors (Lipinski definition) is 3. The number of carboxylic acid groups (broad SMARTS) is 1. The standard InChI is InChI=1S/C13H23N3O5/c1-5-6-10(17)16(4)8(2)12(20)15-9(7-11(18)19)13(21)14-3/h8-9H,5-7H2,1-4H3,(H,14,21)(H,15,20)(H,18,19). The molecule has 21 heavy (non-hydrogen) atoms. The van der Waals surface area contributed by atoms with Crippen LogP contribution in [0.15, 0.2) is 0 Å². The van der Waals surface area contributed by atoms with Gasteiger partial charge in [0, 0.05) is 20.5 Å². The Labute approximate surface area is 123 Å². The Bertz CT molecular complexity index is 411. The van der Waals surface area contributed by atoms with Gasteiger partial charge in [-0.1, -0.05) is 6.92 Å². The van der Waals surface area contributed by atoms with Crippen LogP contribution in [0, 0.1) is 0 Å². The van der Waals surface area contributed by atoms with E-state index >= 15 is 0 Å². The third-order valence-corrected chi connectivity index (χ3v) is 3.08. The topological polar surface area (TPSA) is 116 Å². The highest BCUT2D eigenvalue weighted by Crippen LogP contribution is 2.03. The summed E-state index contributed by atoms with van der Waals surface area (Å²) in [6.45, 7) is 3.37. The van der Waals surface area contributed by atoms with Gasteiger partial charge in [0.15, 0.2) is 0 Å². The molecule has 0 saturated carbocycles. The quantitative estimate of drug-likeness (QED) is 0.550. The van der Waals surface area contributed by atoms with E-state index in [0.717, 1.165) is 0 Å². The molecule has 8 nitrogen and oxygen atoms in total. The zero-order valence-corrected chi connectivity index (χ0v) is 12.8. The van der Waals surface area contributed by atoms with E-state index in [-0.39, 0.29) is 5.91 Å². The SMILES string of the molecule is CCCC(=O)N(C)C(C)C(=O)NC(CC(=O)O)C(=O)NC. The van der Waals surface area contributed by atoms with Gasteiger partial charge >= 0.3 is 5.97 Å². The molecule has 0 aromatic carbocycles. The van der Waals surface area contributed by atoms with Gasteiger partial charge < -0.3 is 20.6 Å².